The molecule has 1 rings (SSSR count). The minimum absolute atomic E-state index is 0.295. The highest BCUT2D eigenvalue weighted by Gasteiger charge is 2.03. The fourth-order valence-electron chi connectivity index (χ4n) is 1.28. The summed E-state index contributed by atoms with van der Waals surface area (Å²) < 4.78 is 0. The van der Waals surface area contributed by atoms with Crippen molar-refractivity contribution in [1.82, 2.24) is 0 Å². The van der Waals surface area contributed by atoms with Gasteiger partial charge in [0.15, 0.2) is 0 Å². The lowest BCUT2D eigenvalue weighted by atomic mass is 10.1. The maximum Gasteiger partial charge on any atom is 0.139 e. The van der Waals surface area contributed by atoms with Crippen LogP contribution in [0.1, 0.15) is 11.1 Å². The van der Waals surface area contributed by atoms with Gasteiger partial charge >= 0.3 is 0 Å². The van der Waals surface area contributed by atoms with E-state index in [1.807, 2.05) is 26.0 Å². The molecule has 13 heavy (non-hydrogen) atoms. The standard InChI is InChI=1S/C10H12ClNO/c1-7-5-8(2)10(9(11)6-7)12-3-4-13/h4-6,12H,3H2,1-2H3. The highest BCUT2D eigenvalue weighted by atomic mass is 35.5. The van der Waals surface area contributed by atoms with Crippen LogP contribution in [0.4, 0.5) is 5.69 Å². The van der Waals surface area contributed by atoms with Crippen LogP contribution in [-0.2, 0) is 4.79 Å². The van der Waals surface area contributed by atoms with Crippen molar-refractivity contribution in [2.24, 2.45) is 0 Å². The zero-order valence-electron chi connectivity index (χ0n) is 7.73. The van der Waals surface area contributed by atoms with Crippen molar-refractivity contribution in [2.75, 3.05) is 11.9 Å². The Balaban J connectivity index is 2.98. The zero-order chi connectivity index (χ0) is 9.84. The van der Waals surface area contributed by atoms with Crippen LogP contribution in [0.2, 0.25) is 5.02 Å². The molecule has 0 aromatic heterocycles. The first kappa shape index (κ1) is 10.1. The van der Waals surface area contributed by atoms with Gasteiger partial charge in [0.05, 0.1) is 17.3 Å². The Morgan fingerprint density at radius 3 is 2.69 bits per heavy atom. The SMILES string of the molecule is Cc1cc(C)c(NCC=O)c(Cl)c1. The molecule has 0 amide bonds. The molecule has 0 saturated carbocycles. The topological polar surface area (TPSA) is 29.1 Å². The molecular formula is C10H12ClNO. The molecule has 1 aromatic carbocycles. The van der Waals surface area contributed by atoms with Crippen molar-refractivity contribution in [3.05, 3.63) is 28.3 Å². The van der Waals surface area contributed by atoms with Gasteiger partial charge in [0.2, 0.25) is 0 Å². The minimum Gasteiger partial charge on any atom is -0.377 e. The van der Waals surface area contributed by atoms with Crippen LogP contribution in [0.3, 0.4) is 0 Å². The maximum absolute atomic E-state index is 10.2. The molecule has 1 N–H and O–H groups in total. The molecule has 0 aliphatic rings. The Hall–Kier alpha value is -1.02. The second kappa shape index (κ2) is 4.28. The van der Waals surface area contributed by atoms with Gasteiger partial charge in [0.25, 0.3) is 0 Å². The van der Waals surface area contributed by atoms with Crippen molar-refractivity contribution < 1.29 is 4.79 Å². The third-order valence-corrected chi connectivity index (χ3v) is 2.09. The second-order valence-electron chi connectivity index (χ2n) is 2.99. The van der Waals surface area contributed by atoms with Gasteiger partial charge in [-0.1, -0.05) is 17.7 Å². The Morgan fingerprint density at radius 1 is 1.46 bits per heavy atom. The Labute approximate surface area is 82.9 Å². The summed E-state index contributed by atoms with van der Waals surface area (Å²) in [6.45, 7) is 4.25. The molecule has 0 radical (unpaired) electrons. The quantitative estimate of drug-likeness (QED) is 0.755. The van der Waals surface area contributed by atoms with Gasteiger partial charge < -0.3 is 10.1 Å². The summed E-state index contributed by atoms with van der Waals surface area (Å²) in [5.74, 6) is 0. The van der Waals surface area contributed by atoms with Crippen molar-refractivity contribution >= 4 is 23.6 Å². The van der Waals surface area contributed by atoms with Gasteiger partial charge in [-0.25, -0.2) is 0 Å². The summed E-state index contributed by atoms with van der Waals surface area (Å²) in [6, 6.07) is 3.90. The first-order chi connectivity index (χ1) is 6.15. The van der Waals surface area contributed by atoms with E-state index in [1.165, 1.54) is 0 Å². The third-order valence-electron chi connectivity index (χ3n) is 1.79. The largest absolute Gasteiger partial charge is 0.377 e. The van der Waals surface area contributed by atoms with E-state index in [1.54, 1.807) is 0 Å². The number of carbonyl (C=O) groups excluding carboxylic acids is 1. The molecule has 70 valence electrons. The van der Waals surface area contributed by atoms with Gasteiger partial charge in [-0.05, 0) is 31.0 Å². The predicted molar refractivity (Wildman–Crippen MR) is 55.5 cm³/mol. The third kappa shape index (κ3) is 2.46. The number of hydrogen-bond acceptors (Lipinski definition) is 2. The number of benzene rings is 1. The van der Waals surface area contributed by atoms with Gasteiger partial charge in [0, 0.05) is 0 Å². The smallest absolute Gasteiger partial charge is 0.139 e. The average Bonchev–Trinajstić information content (AvgIpc) is 2.02. The lowest BCUT2D eigenvalue weighted by molar-refractivity contribution is -0.106. The van der Waals surface area contributed by atoms with Gasteiger partial charge in [0.1, 0.15) is 6.29 Å². The molecule has 0 aliphatic carbocycles. The summed E-state index contributed by atoms with van der Waals surface area (Å²) in [5, 5.41) is 3.62. The van der Waals surface area contributed by atoms with Crippen LogP contribution in [-0.4, -0.2) is 12.8 Å². The molecular weight excluding hydrogens is 186 g/mol. The molecule has 0 saturated heterocycles. The van der Waals surface area contributed by atoms with Crippen molar-refractivity contribution in [3.8, 4) is 0 Å². The van der Waals surface area contributed by atoms with E-state index in [-0.39, 0.29) is 0 Å². The van der Waals surface area contributed by atoms with E-state index in [0.29, 0.717) is 11.6 Å². The number of carbonyl (C=O) groups is 1. The summed E-state index contributed by atoms with van der Waals surface area (Å²) >= 11 is 5.99. The number of aldehydes is 1. The highest BCUT2D eigenvalue weighted by Crippen LogP contribution is 2.26. The number of halogens is 1. The van der Waals surface area contributed by atoms with Crippen LogP contribution in [0, 0.1) is 13.8 Å². The average molecular weight is 198 g/mol. The molecule has 3 heteroatoms. The van der Waals surface area contributed by atoms with E-state index in [0.717, 1.165) is 23.1 Å². The lowest BCUT2D eigenvalue weighted by Crippen LogP contribution is -2.04. The van der Waals surface area contributed by atoms with E-state index in [9.17, 15) is 4.79 Å². The first-order valence-electron chi connectivity index (χ1n) is 4.09. The number of anilines is 1. The second-order valence-corrected chi connectivity index (χ2v) is 3.39. The molecule has 0 fully saturated rings. The molecule has 0 spiro atoms. The van der Waals surface area contributed by atoms with Crippen LogP contribution < -0.4 is 5.32 Å². The van der Waals surface area contributed by atoms with Crippen LogP contribution in [0.15, 0.2) is 12.1 Å². The van der Waals surface area contributed by atoms with E-state index in [4.69, 9.17) is 11.6 Å². The molecule has 0 aliphatic heterocycles. The fraction of sp³-hybridized carbons (Fsp3) is 0.300. The van der Waals surface area contributed by atoms with Gasteiger partial charge in [-0.2, -0.15) is 0 Å². The first-order valence-corrected chi connectivity index (χ1v) is 4.47. The van der Waals surface area contributed by atoms with Crippen LogP contribution in [0.25, 0.3) is 0 Å². The van der Waals surface area contributed by atoms with Crippen molar-refractivity contribution in [2.45, 2.75) is 13.8 Å². The number of rotatable bonds is 3. The molecule has 2 nitrogen and oxygen atoms in total. The lowest BCUT2D eigenvalue weighted by Gasteiger charge is -2.09. The maximum atomic E-state index is 10.2. The van der Waals surface area contributed by atoms with E-state index >= 15 is 0 Å². The zero-order valence-corrected chi connectivity index (χ0v) is 8.48. The summed E-state index contributed by atoms with van der Waals surface area (Å²) in [6.07, 6.45) is 0.815. The Kier molecular flexibility index (Phi) is 3.32. The van der Waals surface area contributed by atoms with E-state index < -0.39 is 0 Å². The predicted octanol–water partition coefficient (Wildman–Crippen LogP) is 2.57. The Morgan fingerprint density at radius 2 is 2.15 bits per heavy atom. The van der Waals surface area contributed by atoms with Crippen LogP contribution >= 0.6 is 11.6 Å². The Bertz CT molecular complexity index is 300. The summed E-state index contributed by atoms with van der Waals surface area (Å²) in [7, 11) is 0. The molecule has 0 unspecified atom stereocenters. The monoisotopic (exact) mass is 197 g/mol. The number of hydrogen-bond donors (Lipinski definition) is 1. The van der Waals surface area contributed by atoms with Crippen LogP contribution in [0.5, 0.6) is 0 Å². The fourth-order valence-corrected chi connectivity index (χ4v) is 1.67. The molecule has 0 bridgehead atoms. The number of nitrogens with one attached hydrogen (secondary N) is 1. The van der Waals surface area contributed by atoms with Crippen molar-refractivity contribution in [3.63, 3.8) is 0 Å². The summed E-state index contributed by atoms with van der Waals surface area (Å²) in [5.41, 5.74) is 3.03. The van der Waals surface area contributed by atoms with E-state index in [2.05, 4.69) is 5.32 Å². The normalized spacial score (nSPS) is 9.77. The molecule has 1 aromatic rings. The highest BCUT2D eigenvalue weighted by molar-refractivity contribution is 6.33. The molecule has 0 heterocycles. The van der Waals surface area contributed by atoms with Gasteiger partial charge in [-0.15, -0.1) is 0 Å². The van der Waals surface area contributed by atoms with Gasteiger partial charge in [-0.3, -0.25) is 0 Å². The molecule has 0 atom stereocenters. The minimum atomic E-state index is 0.295. The number of aryl methyl sites for hydroxylation is 2. The summed E-state index contributed by atoms with van der Waals surface area (Å²) in [4.78, 5) is 10.2. The van der Waals surface area contributed by atoms with Crippen molar-refractivity contribution in [1.29, 1.82) is 0 Å².